The topological polar surface area (TPSA) is 112 Å². The van der Waals surface area contributed by atoms with E-state index in [1.807, 2.05) is 36.4 Å². The van der Waals surface area contributed by atoms with Gasteiger partial charge in [0.1, 0.15) is 0 Å². The van der Waals surface area contributed by atoms with Gasteiger partial charge in [-0.2, -0.15) is 0 Å². The highest BCUT2D eigenvalue weighted by molar-refractivity contribution is 6.41. The van der Waals surface area contributed by atoms with Gasteiger partial charge in [0, 0.05) is 52.0 Å². The van der Waals surface area contributed by atoms with E-state index in [4.69, 9.17) is 5.11 Å². The predicted molar refractivity (Wildman–Crippen MR) is 247 cm³/mol. The van der Waals surface area contributed by atoms with Crippen LogP contribution in [0.15, 0.2) is 48.5 Å². The van der Waals surface area contributed by atoms with Crippen molar-refractivity contribution in [2.75, 3.05) is 6.54 Å². The average Bonchev–Trinajstić information content (AvgIpc) is 3.26. The lowest BCUT2D eigenvalue weighted by atomic mass is 9.82. The standard InChI is InChI=1S/C53H66N2O6/c1-3-5-7-9-11-13-15-17-20-24-36(25-21-18-16-14-12-10-8-6-4-2)55-52(60)43-33-29-39-37-27-31-41-48-42(51(59)54(50(41)58)35-23-19-22-26-45(56)57)32-28-38(46(37)48)40-30-34-44(53(55)61)49(43)47(39)40/h27-34,36H,3-26,35H2,1-2H3,(H,56,57). The van der Waals surface area contributed by atoms with Crippen LogP contribution in [0, 0.1) is 0 Å². The Bertz CT molecular complexity index is 2240. The Morgan fingerprint density at radius 3 is 1.16 bits per heavy atom. The number of aliphatic carboxylic acids is 1. The third kappa shape index (κ3) is 9.34. The second-order valence-corrected chi connectivity index (χ2v) is 18.0. The van der Waals surface area contributed by atoms with Gasteiger partial charge in [-0.1, -0.05) is 160 Å². The van der Waals surface area contributed by atoms with Crippen LogP contribution >= 0.6 is 0 Å². The second-order valence-electron chi connectivity index (χ2n) is 18.0. The molecule has 0 spiro atoms. The van der Waals surface area contributed by atoms with E-state index < -0.39 is 5.97 Å². The first-order valence-electron chi connectivity index (χ1n) is 23.9. The van der Waals surface area contributed by atoms with Gasteiger partial charge in [-0.05, 0) is 82.3 Å². The van der Waals surface area contributed by atoms with Crippen molar-refractivity contribution < 1.29 is 29.1 Å². The molecule has 2 heterocycles. The van der Waals surface area contributed by atoms with E-state index in [0.717, 1.165) is 70.8 Å². The molecule has 0 aromatic heterocycles. The van der Waals surface area contributed by atoms with Crippen molar-refractivity contribution in [1.82, 2.24) is 9.80 Å². The summed E-state index contributed by atoms with van der Waals surface area (Å²) >= 11 is 0. The van der Waals surface area contributed by atoms with Gasteiger partial charge < -0.3 is 5.11 Å². The van der Waals surface area contributed by atoms with Crippen molar-refractivity contribution in [3.8, 4) is 0 Å². The van der Waals surface area contributed by atoms with Gasteiger partial charge in [0.25, 0.3) is 23.6 Å². The van der Waals surface area contributed by atoms with Gasteiger partial charge in [-0.15, -0.1) is 0 Å². The molecule has 8 heteroatoms. The zero-order chi connectivity index (χ0) is 42.9. The number of amides is 4. The lowest BCUT2D eigenvalue weighted by molar-refractivity contribution is -0.137. The zero-order valence-corrected chi connectivity index (χ0v) is 36.8. The minimum atomic E-state index is -0.853. The largest absolute Gasteiger partial charge is 0.481 e. The quantitative estimate of drug-likeness (QED) is 0.0244. The first-order chi connectivity index (χ1) is 29.8. The SMILES string of the molecule is CCCCCCCCCCCC(CCCCCCCCCCC)N1C(=O)c2ccc3c4ccc5c6c(ccc(c7ccc(c2c37)C1=O)c64)C(=O)N(CCCCCC(=O)O)C5=O. The fourth-order valence-corrected chi connectivity index (χ4v) is 10.4. The van der Waals surface area contributed by atoms with Crippen LogP contribution in [-0.4, -0.2) is 57.1 Å². The molecule has 61 heavy (non-hydrogen) atoms. The van der Waals surface area contributed by atoms with Crippen LogP contribution in [0.5, 0.6) is 0 Å². The van der Waals surface area contributed by atoms with Crippen LogP contribution in [-0.2, 0) is 4.79 Å². The summed E-state index contributed by atoms with van der Waals surface area (Å²) < 4.78 is 0. The molecule has 0 fully saturated rings. The molecule has 324 valence electrons. The van der Waals surface area contributed by atoms with Gasteiger partial charge in [0.2, 0.25) is 0 Å². The zero-order valence-electron chi connectivity index (χ0n) is 36.8. The van der Waals surface area contributed by atoms with Crippen LogP contribution in [0.25, 0.3) is 43.1 Å². The van der Waals surface area contributed by atoms with Gasteiger partial charge >= 0.3 is 5.97 Å². The molecule has 5 aromatic rings. The van der Waals surface area contributed by atoms with Crippen LogP contribution in [0.1, 0.15) is 209 Å². The molecule has 1 N–H and O–H groups in total. The monoisotopic (exact) mass is 826 g/mol. The summed E-state index contributed by atoms with van der Waals surface area (Å²) in [4.78, 5) is 71.1. The van der Waals surface area contributed by atoms with Gasteiger partial charge in [0.05, 0.1) is 0 Å². The number of rotatable bonds is 27. The van der Waals surface area contributed by atoms with E-state index in [0.29, 0.717) is 52.3 Å². The highest BCUT2D eigenvalue weighted by Crippen LogP contribution is 2.46. The lowest BCUT2D eigenvalue weighted by Gasteiger charge is -2.35. The Morgan fingerprint density at radius 1 is 0.443 bits per heavy atom. The molecule has 0 saturated heterocycles. The van der Waals surface area contributed by atoms with E-state index in [1.54, 1.807) is 17.0 Å². The fourth-order valence-electron chi connectivity index (χ4n) is 10.4. The van der Waals surface area contributed by atoms with E-state index in [9.17, 15) is 24.0 Å². The van der Waals surface area contributed by atoms with Crippen LogP contribution in [0.2, 0.25) is 0 Å². The number of carboxylic acid groups (broad SMARTS) is 1. The van der Waals surface area contributed by atoms with Crippen molar-refractivity contribution in [3.63, 3.8) is 0 Å². The van der Waals surface area contributed by atoms with Gasteiger partial charge in [-0.3, -0.25) is 33.8 Å². The predicted octanol–water partition coefficient (Wildman–Crippen LogP) is 13.8. The molecule has 4 amide bonds. The number of fused-ring (bicyclic) bond motifs is 2. The van der Waals surface area contributed by atoms with Crippen molar-refractivity contribution in [1.29, 1.82) is 0 Å². The van der Waals surface area contributed by atoms with E-state index in [2.05, 4.69) is 13.8 Å². The second kappa shape index (κ2) is 20.8. The molecule has 2 aliphatic rings. The third-order valence-corrected chi connectivity index (χ3v) is 13.7. The maximum Gasteiger partial charge on any atom is 0.303 e. The number of carboxylic acids is 1. The first kappa shape index (κ1) is 44.2. The Hall–Kier alpha value is -4.85. The molecule has 5 aromatic carbocycles. The summed E-state index contributed by atoms with van der Waals surface area (Å²) in [6.07, 6.45) is 25.5. The Kier molecular flexibility index (Phi) is 15.1. The van der Waals surface area contributed by atoms with Crippen LogP contribution < -0.4 is 0 Å². The normalized spacial score (nSPS) is 14.1. The summed E-state index contributed by atoms with van der Waals surface area (Å²) in [5, 5.41) is 15.6. The highest BCUT2D eigenvalue weighted by atomic mass is 16.4. The number of unbranched alkanes of at least 4 members (excludes halogenated alkanes) is 18. The summed E-state index contributed by atoms with van der Waals surface area (Å²) in [5.74, 6) is -1.94. The number of benzene rings is 5. The number of nitrogens with zero attached hydrogens (tertiary/aromatic N) is 2. The van der Waals surface area contributed by atoms with Crippen molar-refractivity contribution in [3.05, 3.63) is 70.8 Å². The fraction of sp³-hybridized carbons (Fsp3) is 0.528. The maximum absolute atomic E-state index is 14.7. The minimum Gasteiger partial charge on any atom is -0.481 e. The highest BCUT2D eigenvalue weighted by Gasteiger charge is 2.39. The van der Waals surface area contributed by atoms with Crippen LogP contribution in [0.3, 0.4) is 0 Å². The van der Waals surface area contributed by atoms with Crippen LogP contribution in [0.4, 0.5) is 0 Å². The summed E-state index contributed by atoms with van der Waals surface area (Å²) in [7, 11) is 0. The molecule has 8 nitrogen and oxygen atoms in total. The molecule has 0 aliphatic carbocycles. The molecule has 0 saturated carbocycles. The van der Waals surface area contributed by atoms with E-state index in [-0.39, 0.29) is 42.6 Å². The number of hydrogen-bond acceptors (Lipinski definition) is 5. The molecule has 0 unspecified atom stereocenters. The van der Waals surface area contributed by atoms with Crippen molar-refractivity contribution in [2.24, 2.45) is 0 Å². The maximum atomic E-state index is 14.7. The molecule has 0 radical (unpaired) electrons. The average molecular weight is 827 g/mol. The molecular formula is C53H66N2O6. The van der Waals surface area contributed by atoms with Gasteiger partial charge in [-0.25, -0.2) is 0 Å². The Morgan fingerprint density at radius 2 is 0.787 bits per heavy atom. The first-order valence-corrected chi connectivity index (χ1v) is 23.9. The summed E-state index contributed by atoms with van der Waals surface area (Å²) in [6, 6.07) is 15.1. The van der Waals surface area contributed by atoms with Gasteiger partial charge in [0.15, 0.2) is 0 Å². The number of imide groups is 2. The van der Waals surface area contributed by atoms with E-state index in [1.165, 1.54) is 94.8 Å². The Labute approximate surface area is 361 Å². The smallest absolute Gasteiger partial charge is 0.303 e. The molecule has 7 rings (SSSR count). The Balaban J connectivity index is 1.15. The molecular weight excluding hydrogens is 761 g/mol. The number of carbonyl (C=O) groups is 5. The molecule has 2 aliphatic heterocycles. The minimum absolute atomic E-state index is 0.0622. The lowest BCUT2D eigenvalue weighted by Crippen LogP contribution is -2.47. The molecule has 0 bridgehead atoms. The summed E-state index contributed by atoms with van der Waals surface area (Å²) in [5.41, 5.74) is 2.08. The third-order valence-electron chi connectivity index (χ3n) is 13.7. The van der Waals surface area contributed by atoms with E-state index >= 15 is 0 Å². The number of hydrogen-bond donors (Lipinski definition) is 1. The van der Waals surface area contributed by atoms with Crippen molar-refractivity contribution >= 4 is 72.7 Å². The molecule has 0 atom stereocenters. The summed E-state index contributed by atoms with van der Waals surface area (Å²) in [6.45, 7) is 4.73. The van der Waals surface area contributed by atoms with Crippen molar-refractivity contribution in [2.45, 2.75) is 174 Å². The number of carbonyl (C=O) groups excluding carboxylic acids is 4.